The number of carbonyl (C=O) groups is 1. The molecule has 0 bridgehead atoms. The van der Waals surface area contributed by atoms with Gasteiger partial charge in [0.05, 0.1) is 17.9 Å². The van der Waals surface area contributed by atoms with Crippen molar-refractivity contribution in [2.75, 3.05) is 5.73 Å². The van der Waals surface area contributed by atoms with Crippen LogP contribution in [0.1, 0.15) is 47.9 Å². The molecule has 1 amide bonds. The predicted octanol–water partition coefficient (Wildman–Crippen LogP) is 1.62. The first kappa shape index (κ1) is 11.8. The number of hydrogen-bond acceptors (Lipinski definition) is 3. The van der Waals surface area contributed by atoms with Gasteiger partial charge in [0.1, 0.15) is 5.69 Å². The van der Waals surface area contributed by atoms with Crippen molar-refractivity contribution >= 4 is 11.6 Å². The normalized spacial score (nSPS) is 16.3. The van der Waals surface area contributed by atoms with Gasteiger partial charge in [0, 0.05) is 24.0 Å². The minimum atomic E-state index is -0.0997. The third-order valence-electron chi connectivity index (χ3n) is 3.41. The number of nitrogens with zero attached hydrogens (tertiary/aromatic N) is 2. The molecule has 19 heavy (non-hydrogen) atoms. The second-order valence-electron chi connectivity index (χ2n) is 5.02. The van der Waals surface area contributed by atoms with Crippen LogP contribution in [0.15, 0.2) is 24.7 Å². The van der Waals surface area contributed by atoms with Crippen LogP contribution in [-0.4, -0.2) is 20.7 Å². The largest absolute Gasteiger partial charge is 0.397 e. The Bertz CT molecular complexity index is 582. The average molecular weight is 259 g/mol. The number of rotatable bonds is 4. The van der Waals surface area contributed by atoms with Crippen LogP contribution in [0.5, 0.6) is 0 Å². The fraction of sp³-hybridized carbons (Fsp3) is 0.385. The summed E-state index contributed by atoms with van der Waals surface area (Å²) < 4.78 is 1.98. The van der Waals surface area contributed by atoms with Crippen molar-refractivity contribution in [3.8, 4) is 0 Å². The smallest absolute Gasteiger partial charge is 0.268 e. The van der Waals surface area contributed by atoms with Crippen LogP contribution in [-0.2, 0) is 0 Å². The van der Waals surface area contributed by atoms with E-state index in [0.717, 1.165) is 18.4 Å². The van der Waals surface area contributed by atoms with E-state index in [-0.39, 0.29) is 11.9 Å². The summed E-state index contributed by atoms with van der Waals surface area (Å²) in [6.45, 7) is 1.93. The molecule has 0 saturated heterocycles. The fourth-order valence-electron chi connectivity index (χ4n) is 2.19. The van der Waals surface area contributed by atoms with Gasteiger partial charge in [-0.25, -0.2) is 0 Å². The molecule has 1 aliphatic carbocycles. The van der Waals surface area contributed by atoms with Crippen molar-refractivity contribution in [3.05, 3.63) is 35.9 Å². The number of anilines is 1. The zero-order chi connectivity index (χ0) is 13.4. The highest BCUT2D eigenvalue weighted by Crippen LogP contribution is 2.37. The van der Waals surface area contributed by atoms with E-state index in [4.69, 9.17) is 5.73 Å². The van der Waals surface area contributed by atoms with E-state index in [1.807, 2.05) is 17.7 Å². The maximum absolute atomic E-state index is 12.3. The summed E-state index contributed by atoms with van der Waals surface area (Å²) in [4.78, 5) is 12.3. The molecule has 3 rings (SSSR count). The Morgan fingerprint density at radius 3 is 3.05 bits per heavy atom. The zero-order valence-corrected chi connectivity index (χ0v) is 10.8. The first-order chi connectivity index (χ1) is 9.15. The Labute approximate surface area is 111 Å². The molecule has 1 aliphatic rings. The van der Waals surface area contributed by atoms with Crippen molar-refractivity contribution in [1.29, 1.82) is 0 Å². The molecule has 1 saturated carbocycles. The fourth-order valence-corrected chi connectivity index (χ4v) is 2.19. The molecular weight excluding hydrogens is 242 g/mol. The van der Waals surface area contributed by atoms with E-state index in [0.29, 0.717) is 17.4 Å². The second kappa shape index (κ2) is 4.46. The topological polar surface area (TPSA) is 88.7 Å². The number of carbonyl (C=O) groups excluding carboxylic acids is 1. The summed E-state index contributed by atoms with van der Waals surface area (Å²) >= 11 is 0. The van der Waals surface area contributed by atoms with Crippen molar-refractivity contribution in [2.24, 2.45) is 0 Å². The van der Waals surface area contributed by atoms with Gasteiger partial charge in [-0.05, 0) is 25.8 Å². The number of nitrogens with one attached hydrogen (secondary N) is 2. The van der Waals surface area contributed by atoms with Crippen LogP contribution in [0, 0.1) is 0 Å². The molecule has 0 aliphatic heterocycles. The lowest BCUT2D eigenvalue weighted by Gasteiger charge is -2.13. The highest BCUT2D eigenvalue weighted by Gasteiger charge is 2.28. The Morgan fingerprint density at radius 2 is 2.42 bits per heavy atom. The molecule has 4 N–H and O–H groups in total. The molecule has 100 valence electrons. The maximum atomic E-state index is 12.3. The van der Waals surface area contributed by atoms with Crippen molar-refractivity contribution in [1.82, 2.24) is 20.1 Å². The lowest BCUT2D eigenvalue weighted by atomic mass is 10.2. The molecule has 6 heteroatoms. The maximum Gasteiger partial charge on any atom is 0.268 e. The number of H-pyrrole nitrogens is 1. The van der Waals surface area contributed by atoms with E-state index >= 15 is 0 Å². The molecule has 2 heterocycles. The summed E-state index contributed by atoms with van der Waals surface area (Å²) in [5, 5.41) is 9.58. The number of aromatic nitrogens is 3. The number of hydrogen-bond donors (Lipinski definition) is 3. The summed E-state index contributed by atoms with van der Waals surface area (Å²) in [6, 6.07) is 2.08. The number of nitrogens with two attached hydrogens (primary N) is 1. The van der Waals surface area contributed by atoms with Gasteiger partial charge in [-0.3, -0.25) is 9.89 Å². The minimum Gasteiger partial charge on any atom is -0.397 e. The summed E-state index contributed by atoms with van der Waals surface area (Å²) in [7, 11) is 0. The third-order valence-corrected chi connectivity index (χ3v) is 3.41. The van der Waals surface area contributed by atoms with Crippen molar-refractivity contribution in [2.45, 2.75) is 31.8 Å². The summed E-state index contributed by atoms with van der Waals surface area (Å²) in [5.41, 5.74) is 8.01. The second-order valence-corrected chi connectivity index (χ2v) is 5.02. The number of aromatic amines is 1. The van der Waals surface area contributed by atoms with Gasteiger partial charge in [-0.1, -0.05) is 0 Å². The summed E-state index contributed by atoms with van der Waals surface area (Å²) in [5.74, 6) is -0.0997. The highest BCUT2D eigenvalue weighted by molar-refractivity contribution is 5.94. The molecule has 0 spiro atoms. The molecule has 0 aromatic carbocycles. The number of nitrogen functional groups attached to an aromatic ring is 1. The van der Waals surface area contributed by atoms with E-state index in [2.05, 4.69) is 15.5 Å². The molecular formula is C13H17N5O. The predicted molar refractivity (Wildman–Crippen MR) is 71.6 cm³/mol. The molecule has 1 unspecified atom stereocenters. The molecule has 2 aromatic rings. The Hall–Kier alpha value is -2.24. The van der Waals surface area contributed by atoms with Crippen LogP contribution < -0.4 is 11.1 Å². The summed E-state index contributed by atoms with van der Waals surface area (Å²) in [6.07, 6.45) is 7.56. The van der Waals surface area contributed by atoms with Crippen molar-refractivity contribution in [3.63, 3.8) is 0 Å². The molecule has 2 aromatic heterocycles. The van der Waals surface area contributed by atoms with Crippen LogP contribution in [0.4, 0.5) is 5.69 Å². The van der Waals surface area contributed by atoms with Gasteiger partial charge >= 0.3 is 0 Å². The van der Waals surface area contributed by atoms with Gasteiger partial charge in [-0.2, -0.15) is 5.10 Å². The van der Waals surface area contributed by atoms with Gasteiger partial charge in [0.15, 0.2) is 0 Å². The van der Waals surface area contributed by atoms with Gasteiger partial charge in [-0.15, -0.1) is 0 Å². The standard InChI is InChI=1S/C13H17N5O/c1-8(9-5-15-16-6-9)17-13(19)12-4-10(14)7-18(12)11-2-3-11/h4-8,11H,2-3,14H2,1H3,(H,15,16)(H,17,19). The first-order valence-electron chi connectivity index (χ1n) is 6.42. The molecule has 1 atom stereocenters. The average Bonchev–Trinajstić information content (AvgIpc) is 2.91. The van der Waals surface area contributed by atoms with E-state index < -0.39 is 0 Å². The highest BCUT2D eigenvalue weighted by atomic mass is 16.2. The molecule has 1 fully saturated rings. The van der Waals surface area contributed by atoms with Crippen LogP contribution in [0.3, 0.4) is 0 Å². The van der Waals surface area contributed by atoms with Gasteiger partial charge < -0.3 is 15.6 Å². The van der Waals surface area contributed by atoms with E-state index in [9.17, 15) is 4.79 Å². The lowest BCUT2D eigenvalue weighted by Crippen LogP contribution is -2.28. The van der Waals surface area contributed by atoms with Gasteiger partial charge in [0.2, 0.25) is 0 Å². The monoisotopic (exact) mass is 259 g/mol. The van der Waals surface area contributed by atoms with Gasteiger partial charge in [0.25, 0.3) is 5.91 Å². The number of amides is 1. The SMILES string of the molecule is CC(NC(=O)c1cc(N)cn1C1CC1)c1cn[nH]c1. The van der Waals surface area contributed by atoms with E-state index in [1.54, 1.807) is 18.5 Å². The molecule has 0 radical (unpaired) electrons. The van der Waals surface area contributed by atoms with Crippen LogP contribution in [0.2, 0.25) is 0 Å². The lowest BCUT2D eigenvalue weighted by molar-refractivity contribution is 0.0930. The first-order valence-corrected chi connectivity index (χ1v) is 6.42. The Balaban J connectivity index is 1.77. The zero-order valence-electron chi connectivity index (χ0n) is 10.8. The quantitative estimate of drug-likeness (QED) is 0.779. The van der Waals surface area contributed by atoms with E-state index in [1.165, 1.54) is 0 Å². The Kier molecular flexibility index (Phi) is 2.77. The minimum absolute atomic E-state index is 0.0879. The third kappa shape index (κ3) is 2.33. The van der Waals surface area contributed by atoms with Crippen LogP contribution >= 0.6 is 0 Å². The van der Waals surface area contributed by atoms with Crippen molar-refractivity contribution < 1.29 is 4.79 Å². The Morgan fingerprint density at radius 1 is 1.63 bits per heavy atom. The van der Waals surface area contributed by atoms with Crippen LogP contribution in [0.25, 0.3) is 0 Å². The molecule has 6 nitrogen and oxygen atoms in total.